The van der Waals surface area contributed by atoms with Crippen molar-refractivity contribution in [1.82, 2.24) is 0 Å². The number of rotatable bonds is 8. The van der Waals surface area contributed by atoms with Gasteiger partial charge >= 0.3 is 0 Å². The average Bonchev–Trinajstić information content (AvgIpc) is 2.15. The molecule has 2 atom stereocenters. The van der Waals surface area contributed by atoms with Crippen molar-refractivity contribution in [3.63, 3.8) is 0 Å². The van der Waals surface area contributed by atoms with Crippen LogP contribution in [-0.4, -0.2) is 25.8 Å². The zero-order valence-corrected chi connectivity index (χ0v) is 11.6. The zero-order chi connectivity index (χ0) is 11.9. The van der Waals surface area contributed by atoms with Gasteiger partial charge in [0, 0.05) is 5.88 Å². The third kappa shape index (κ3) is 8.09. The lowest BCUT2D eigenvalue weighted by Crippen LogP contribution is -2.18. The Hall–Kier alpha value is 0.240. The normalized spacial score (nSPS) is 16.3. The third-order valence-corrected chi connectivity index (χ3v) is 4.91. The molecule has 0 heterocycles. The molecule has 0 N–H and O–H groups in total. The molecule has 0 aliphatic carbocycles. The van der Waals surface area contributed by atoms with E-state index in [2.05, 4.69) is 6.92 Å². The molecule has 92 valence electrons. The second-order valence-electron chi connectivity index (χ2n) is 4.50. The fourth-order valence-corrected chi connectivity index (χ4v) is 3.75. The number of halogens is 1. The summed E-state index contributed by atoms with van der Waals surface area (Å²) < 4.78 is 23.4. The maximum Gasteiger partial charge on any atom is 0.150 e. The van der Waals surface area contributed by atoms with Crippen LogP contribution in [0.3, 0.4) is 0 Å². The van der Waals surface area contributed by atoms with E-state index in [-0.39, 0.29) is 5.92 Å². The quantitative estimate of drug-likeness (QED) is 0.624. The number of alkyl halides is 1. The summed E-state index contributed by atoms with van der Waals surface area (Å²) >= 11 is 5.60. The van der Waals surface area contributed by atoms with Crippen LogP contribution in [0.4, 0.5) is 0 Å². The van der Waals surface area contributed by atoms with Crippen LogP contribution in [0.25, 0.3) is 0 Å². The minimum Gasteiger partial charge on any atom is -0.229 e. The van der Waals surface area contributed by atoms with E-state index in [1.807, 2.05) is 13.8 Å². The molecule has 0 fully saturated rings. The van der Waals surface area contributed by atoms with E-state index in [4.69, 9.17) is 11.6 Å². The van der Waals surface area contributed by atoms with Gasteiger partial charge in [0.05, 0.1) is 11.5 Å². The van der Waals surface area contributed by atoms with Gasteiger partial charge in [0.25, 0.3) is 0 Å². The van der Waals surface area contributed by atoms with Gasteiger partial charge in [-0.3, -0.25) is 0 Å². The topological polar surface area (TPSA) is 34.1 Å². The van der Waals surface area contributed by atoms with Gasteiger partial charge in [-0.05, 0) is 24.7 Å². The summed E-state index contributed by atoms with van der Waals surface area (Å²) in [7, 11) is -2.85. The lowest BCUT2D eigenvalue weighted by molar-refractivity contribution is 0.526. The maximum atomic E-state index is 11.7. The van der Waals surface area contributed by atoms with Crippen LogP contribution in [0.1, 0.15) is 40.0 Å². The van der Waals surface area contributed by atoms with Gasteiger partial charge in [-0.25, -0.2) is 8.42 Å². The van der Waals surface area contributed by atoms with E-state index in [1.165, 1.54) is 0 Å². The minimum absolute atomic E-state index is 0.276. The van der Waals surface area contributed by atoms with Crippen LogP contribution >= 0.6 is 11.6 Å². The molecule has 2 nitrogen and oxygen atoms in total. The van der Waals surface area contributed by atoms with Gasteiger partial charge in [-0.15, -0.1) is 11.6 Å². The predicted molar refractivity (Wildman–Crippen MR) is 67.2 cm³/mol. The van der Waals surface area contributed by atoms with Crippen molar-refractivity contribution in [1.29, 1.82) is 0 Å². The highest BCUT2D eigenvalue weighted by Crippen LogP contribution is 2.13. The summed E-state index contributed by atoms with van der Waals surface area (Å²) in [5.74, 6) is 1.95. The van der Waals surface area contributed by atoms with Gasteiger partial charge in [0.15, 0.2) is 9.84 Å². The highest BCUT2D eigenvalue weighted by Gasteiger charge is 2.15. The Morgan fingerprint density at radius 2 is 1.73 bits per heavy atom. The molecule has 0 aromatic rings. The number of hydrogen-bond donors (Lipinski definition) is 0. The van der Waals surface area contributed by atoms with Crippen LogP contribution in [0.15, 0.2) is 0 Å². The molecule has 0 saturated heterocycles. The first-order valence-electron chi connectivity index (χ1n) is 5.67. The van der Waals surface area contributed by atoms with Gasteiger partial charge in [-0.2, -0.15) is 0 Å². The van der Waals surface area contributed by atoms with Crippen molar-refractivity contribution >= 4 is 21.4 Å². The molecule has 15 heavy (non-hydrogen) atoms. The summed E-state index contributed by atoms with van der Waals surface area (Å²) in [4.78, 5) is 0. The Labute approximate surface area is 99.3 Å². The van der Waals surface area contributed by atoms with Crippen molar-refractivity contribution < 1.29 is 8.42 Å². The Morgan fingerprint density at radius 3 is 2.20 bits per heavy atom. The molecular formula is C11H23ClO2S. The Morgan fingerprint density at radius 1 is 1.13 bits per heavy atom. The number of hydrogen-bond acceptors (Lipinski definition) is 2. The van der Waals surface area contributed by atoms with Crippen molar-refractivity contribution in [2.24, 2.45) is 11.8 Å². The third-order valence-electron chi connectivity index (χ3n) is 2.76. The minimum atomic E-state index is -2.85. The first kappa shape index (κ1) is 15.2. The molecule has 0 bridgehead atoms. The van der Waals surface area contributed by atoms with Crippen molar-refractivity contribution in [2.75, 3.05) is 17.4 Å². The monoisotopic (exact) mass is 254 g/mol. The van der Waals surface area contributed by atoms with E-state index < -0.39 is 9.84 Å². The highest BCUT2D eigenvalue weighted by atomic mass is 35.5. The van der Waals surface area contributed by atoms with Crippen molar-refractivity contribution in [3.8, 4) is 0 Å². The molecule has 4 heteroatoms. The van der Waals surface area contributed by atoms with Crippen LogP contribution in [0.2, 0.25) is 0 Å². The summed E-state index contributed by atoms with van der Waals surface area (Å²) in [6.07, 6.45) is 2.57. The molecule has 2 unspecified atom stereocenters. The van der Waals surface area contributed by atoms with Crippen molar-refractivity contribution in [3.05, 3.63) is 0 Å². The second-order valence-corrected chi connectivity index (χ2v) is 7.11. The Bertz CT molecular complexity index is 249. The zero-order valence-electron chi connectivity index (χ0n) is 10.0. The first-order valence-corrected chi connectivity index (χ1v) is 8.03. The van der Waals surface area contributed by atoms with Crippen LogP contribution in [-0.2, 0) is 9.84 Å². The summed E-state index contributed by atoms with van der Waals surface area (Å²) in [6, 6.07) is 0. The van der Waals surface area contributed by atoms with E-state index in [0.29, 0.717) is 23.3 Å². The van der Waals surface area contributed by atoms with Gasteiger partial charge < -0.3 is 0 Å². The standard InChI is InChI=1S/C11H23ClO2S/c1-4-10(2)9-15(13,14)8-6-11(3)5-7-12/h10-11H,4-9H2,1-3H3. The highest BCUT2D eigenvalue weighted by molar-refractivity contribution is 7.91. The smallest absolute Gasteiger partial charge is 0.150 e. The summed E-state index contributed by atoms with van der Waals surface area (Å²) in [5.41, 5.74) is 0. The summed E-state index contributed by atoms with van der Waals surface area (Å²) in [5, 5.41) is 0. The van der Waals surface area contributed by atoms with E-state index >= 15 is 0 Å². The molecule has 0 saturated carbocycles. The molecular weight excluding hydrogens is 232 g/mol. The molecule has 0 aliphatic rings. The fraction of sp³-hybridized carbons (Fsp3) is 1.00. The Balaban J connectivity index is 3.94. The first-order chi connectivity index (χ1) is 6.91. The lowest BCUT2D eigenvalue weighted by atomic mass is 10.1. The molecule has 0 aromatic heterocycles. The molecule has 0 aromatic carbocycles. The molecule has 0 radical (unpaired) electrons. The van der Waals surface area contributed by atoms with Gasteiger partial charge in [0.2, 0.25) is 0 Å². The Kier molecular flexibility index (Phi) is 7.62. The predicted octanol–water partition coefficient (Wildman–Crippen LogP) is 3.10. The molecule has 0 aliphatic heterocycles. The van der Waals surface area contributed by atoms with E-state index in [1.54, 1.807) is 0 Å². The fourth-order valence-electron chi connectivity index (χ4n) is 1.35. The van der Waals surface area contributed by atoms with Crippen LogP contribution < -0.4 is 0 Å². The average molecular weight is 255 g/mol. The van der Waals surface area contributed by atoms with Crippen LogP contribution in [0.5, 0.6) is 0 Å². The lowest BCUT2D eigenvalue weighted by Gasteiger charge is -2.12. The molecule has 0 spiro atoms. The van der Waals surface area contributed by atoms with Gasteiger partial charge in [-0.1, -0.05) is 27.2 Å². The molecule has 0 rings (SSSR count). The second kappa shape index (κ2) is 7.50. The molecule has 0 amide bonds. The maximum absolute atomic E-state index is 11.7. The van der Waals surface area contributed by atoms with Gasteiger partial charge in [0.1, 0.15) is 0 Å². The van der Waals surface area contributed by atoms with E-state index in [0.717, 1.165) is 19.3 Å². The summed E-state index contributed by atoms with van der Waals surface area (Å²) in [6.45, 7) is 6.07. The SMILES string of the molecule is CCC(C)CS(=O)(=O)CCC(C)CCCl. The number of sulfone groups is 1. The largest absolute Gasteiger partial charge is 0.229 e. The van der Waals surface area contributed by atoms with E-state index in [9.17, 15) is 8.42 Å². The van der Waals surface area contributed by atoms with Crippen LogP contribution in [0, 0.1) is 11.8 Å². The van der Waals surface area contributed by atoms with Crippen molar-refractivity contribution in [2.45, 2.75) is 40.0 Å².